The Morgan fingerprint density at radius 1 is 1.15 bits per heavy atom. The number of H-pyrrole nitrogens is 1. The third kappa shape index (κ3) is 6.74. The van der Waals surface area contributed by atoms with Crippen LogP contribution in [0.3, 0.4) is 0 Å². The number of phosphoric acid groups is 1. The minimum absolute atomic E-state index is 0. The van der Waals surface area contributed by atoms with Gasteiger partial charge in [-0.3, -0.25) is 14.3 Å². The summed E-state index contributed by atoms with van der Waals surface area (Å²) < 4.78 is 16.0. The zero-order valence-corrected chi connectivity index (χ0v) is 20.8. The Balaban J connectivity index is 0.00000272. The molecule has 2 heterocycles. The number of phosphoric ester groups is 1. The van der Waals surface area contributed by atoms with Crippen LogP contribution in [-0.2, 0) is 15.6 Å². The average molecular weight is 496 g/mol. The summed E-state index contributed by atoms with van der Waals surface area (Å²) in [5, 5.41) is 30.5. The van der Waals surface area contributed by atoms with Crippen LogP contribution in [0, 0.1) is 13.8 Å². The zero-order valence-electron chi connectivity index (χ0n) is 17.9. The second-order valence-corrected chi connectivity index (χ2v) is 8.28. The van der Waals surface area contributed by atoms with Crippen LogP contribution in [0.4, 0.5) is 0 Å². The number of hydrogen-bond acceptors (Lipinski definition) is 10. The quantitative estimate of drug-likeness (QED) is 0.117. The van der Waals surface area contributed by atoms with Crippen LogP contribution in [0.2, 0.25) is 0 Å². The third-order valence-electron chi connectivity index (χ3n) is 4.79. The van der Waals surface area contributed by atoms with Gasteiger partial charge in [-0.15, -0.1) is 0 Å². The second kappa shape index (κ2) is 11.3. The van der Waals surface area contributed by atoms with E-state index in [9.17, 15) is 34.4 Å². The van der Waals surface area contributed by atoms with Crippen molar-refractivity contribution in [2.24, 2.45) is 0 Å². The van der Waals surface area contributed by atoms with Crippen molar-refractivity contribution in [3.63, 3.8) is 0 Å². The molecule has 16 heteroatoms. The molecule has 1 unspecified atom stereocenters. The molecule has 2 aliphatic rings. The molecule has 0 fully saturated rings. The minimum Gasteiger partial charge on any atom is -0.756 e. The molecule has 0 aliphatic carbocycles. The van der Waals surface area contributed by atoms with Gasteiger partial charge in [0.25, 0.3) is 13.4 Å². The molecule has 33 heavy (non-hydrogen) atoms. The van der Waals surface area contributed by atoms with Gasteiger partial charge in [0.2, 0.25) is 0 Å². The number of aryl methyl sites for hydroxylation is 2. The molecule has 0 aromatic heterocycles. The molecule has 3 rings (SSSR count). The van der Waals surface area contributed by atoms with E-state index in [1.807, 2.05) is 18.8 Å². The first-order valence-electron chi connectivity index (χ1n) is 9.01. The number of nitrogens with zero attached hydrogens (tertiary/aromatic N) is 3. The summed E-state index contributed by atoms with van der Waals surface area (Å²) in [6.07, 6.45) is -5.49. The molecular formula is C17H22N4NaO10P. The van der Waals surface area contributed by atoms with Crippen molar-refractivity contribution in [3.05, 3.63) is 44.1 Å². The molecule has 0 saturated heterocycles. The monoisotopic (exact) mass is 496 g/mol. The molecule has 0 saturated carbocycles. The summed E-state index contributed by atoms with van der Waals surface area (Å²) in [5.74, 6) is -0.152. The maximum atomic E-state index is 12.2. The van der Waals surface area contributed by atoms with E-state index in [0.717, 1.165) is 11.1 Å². The number of aliphatic hydroxyl groups excluding tert-OH is 3. The molecule has 1 aromatic rings. The number of fused-ring (bicyclic) bond motifs is 2. The van der Waals surface area contributed by atoms with Crippen molar-refractivity contribution in [3.8, 4) is 11.5 Å². The normalized spacial score (nSPS) is 15.8. The Kier molecular flexibility index (Phi) is 10.1. The van der Waals surface area contributed by atoms with Crippen LogP contribution in [0.25, 0.3) is 22.6 Å². The van der Waals surface area contributed by atoms with Gasteiger partial charge < -0.3 is 39.7 Å². The van der Waals surface area contributed by atoms with E-state index in [2.05, 4.69) is 14.5 Å². The predicted octanol–water partition coefficient (Wildman–Crippen LogP) is -6.06. The van der Waals surface area contributed by atoms with E-state index < -0.39 is 50.5 Å². The van der Waals surface area contributed by atoms with Crippen molar-refractivity contribution in [1.82, 2.24) is 19.5 Å². The van der Waals surface area contributed by atoms with Crippen LogP contribution in [0.1, 0.15) is 11.1 Å². The molecule has 7 N–H and O–H groups in total. The number of aromatic amines is 1. The summed E-state index contributed by atoms with van der Waals surface area (Å²) in [5.41, 5.74) is 0.565. The van der Waals surface area contributed by atoms with Gasteiger partial charge in [0, 0.05) is 0 Å². The van der Waals surface area contributed by atoms with Gasteiger partial charge in [0.1, 0.15) is 18.3 Å². The zero-order chi connectivity index (χ0) is 23.1. The Morgan fingerprint density at radius 3 is 2.36 bits per heavy atom. The fourth-order valence-electron chi connectivity index (χ4n) is 3.06. The first-order chi connectivity index (χ1) is 14.4. The summed E-state index contributed by atoms with van der Waals surface area (Å²) in [6, 6.07) is 3.40. The van der Waals surface area contributed by atoms with Crippen molar-refractivity contribution in [1.29, 1.82) is 0 Å². The van der Waals surface area contributed by atoms with Crippen LogP contribution in [-0.4, -0.2) is 70.1 Å². The summed E-state index contributed by atoms with van der Waals surface area (Å²) in [4.78, 5) is 53.3. The molecule has 0 spiro atoms. The smallest absolute Gasteiger partial charge is 0.756 e. The SMILES string of the molecule is Cc1cc2nc3c(=O)[nH]c(=O)nc-3n(C[C@H](O)[C@H](O)[C@H](O)COP(=O)([O-])O)c2cc1C.O.[Na+]. The molecule has 2 aliphatic heterocycles. The van der Waals surface area contributed by atoms with E-state index in [0.29, 0.717) is 11.0 Å². The number of hydrogen-bond donors (Lipinski definition) is 5. The van der Waals surface area contributed by atoms with Gasteiger partial charge in [0.05, 0.1) is 24.2 Å². The number of rotatable bonds is 7. The third-order valence-corrected chi connectivity index (χ3v) is 5.27. The molecule has 176 valence electrons. The standard InChI is InChI=1S/C17H21N4O9P.Na.H2O/c1-7-3-9-10(4-8(7)2)21(15-13(18-9)16(25)20-17(26)19-15)5-11(22)14(24)12(23)6-30-31(27,28)29;;/h3-4,11-12,14,22-24H,5-6H2,1-2H3,(H,20,25,26)(H2,27,28,29);;1H2/q;+1;/p-1/t11-,12+,14-;;/m0../s1. The molecule has 1 aromatic carbocycles. The van der Waals surface area contributed by atoms with Gasteiger partial charge in [-0.1, -0.05) is 0 Å². The van der Waals surface area contributed by atoms with Crippen molar-refractivity contribution >= 4 is 18.9 Å². The fraction of sp³-hybridized carbons (Fsp3) is 0.412. The van der Waals surface area contributed by atoms with E-state index in [4.69, 9.17) is 4.89 Å². The topological polar surface area (TPSA) is 242 Å². The maximum Gasteiger partial charge on any atom is 1.00 e. The van der Waals surface area contributed by atoms with Gasteiger partial charge in [-0.25, -0.2) is 9.78 Å². The van der Waals surface area contributed by atoms with Crippen LogP contribution in [0.15, 0.2) is 21.7 Å². The molecule has 0 amide bonds. The van der Waals surface area contributed by atoms with E-state index >= 15 is 0 Å². The van der Waals surface area contributed by atoms with Gasteiger partial charge in [-0.2, -0.15) is 4.98 Å². The Labute approximate surface area is 208 Å². The van der Waals surface area contributed by atoms with Crippen LogP contribution < -0.4 is 45.7 Å². The number of aliphatic hydroxyl groups is 3. The summed E-state index contributed by atoms with van der Waals surface area (Å²) in [6.45, 7) is 2.20. The molecule has 0 bridgehead atoms. The van der Waals surface area contributed by atoms with E-state index in [-0.39, 0.29) is 46.6 Å². The van der Waals surface area contributed by atoms with Crippen LogP contribution >= 0.6 is 7.82 Å². The molecular weight excluding hydrogens is 474 g/mol. The van der Waals surface area contributed by atoms with Crippen molar-refractivity contribution in [2.75, 3.05) is 6.61 Å². The maximum absolute atomic E-state index is 12.2. The molecule has 4 atom stereocenters. The van der Waals surface area contributed by atoms with Crippen molar-refractivity contribution in [2.45, 2.75) is 38.7 Å². The molecule has 0 radical (unpaired) electrons. The Hall–Kier alpha value is -1.55. The second-order valence-electron chi connectivity index (χ2n) is 7.08. The average Bonchev–Trinajstić information content (AvgIpc) is 2.67. The minimum atomic E-state index is -5.14. The fourth-order valence-corrected chi connectivity index (χ4v) is 3.40. The largest absolute Gasteiger partial charge is 1.00 e. The van der Waals surface area contributed by atoms with E-state index in [1.165, 1.54) is 4.57 Å². The van der Waals surface area contributed by atoms with Crippen LogP contribution in [0.5, 0.6) is 0 Å². The summed E-state index contributed by atoms with van der Waals surface area (Å²) >= 11 is 0. The Morgan fingerprint density at radius 2 is 1.76 bits per heavy atom. The first kappa shape index (κ1) is 29.5. The van der Waals surface area contributed by atoms with E-state index in [1.54, 1.807) is 12.1 Å². The Bertz CT molecular complexity index is 1260. The number of nitrogens with one attached hydrogen (secondary N) is 1. The molecule has 14 nitrogen and oxygen atoms in total. The number of benzene rings is 1. The number of aromatic nitrogens is 4. The van der Waals surface area contributed by atoms with Gasteiger partial charge >= 0.3 is 35.2 Å². The van der Waals surface area contributed by atoms with Gasteiger partial charge in [0.15, 0.2) is 11.5 Å². The first-order valence-corrected chi connectivity index (χ1v) is 10.5. The predicted molar refractivity (Wildman–Crippen MR) is 108 cm³/mol. The summed E-state index contributed by atoms with van der Waals surface area (Å²) in [7, 11) is -5.14. The van der Waals surface area contributed by atoms with Crippen molar-refractivity contribution < 1.29 is 69.2 Å². The van der Waals surface area contributed by atoms with Gasteiger partial charge in [-0.05, 0) is 37.1 Å².